The van der Waals surface area contributed by atoms with Gasteiger partial charge in [0.1, 0.15) is 0 Å². The summed E-state index contributed by atoms with van der Waals surface area (Å²) in [5, 5.41) is 27.2. The van der Waals surface area contributed by atoms with Crippen molar-refractivity contribution in [3.05, 3.63) is 62.2 Å². The minimum absolute atomic E-state index is 0.203. The molecule has 142 valence electrons. The van der Waals surface area contributed by atoms with Crippen molar-refractivity contribution in [1.29, 1.82) is 0 Å². The van der Waals surface area contributed by atoms with E-state index in [0.717, 1.165) is 29.5 Å². The number of nitrogens with one attached hydrogen (secondary N) is 2. The monoisotopic (exact) mass is 401 g/mol. The predicted molar refractivity (Wildman–Crippen MR) is 102 cm³/mol. The summed E-state index contributed by atoms with van der Waals surface area (Å²) in [7, 11) is 0. The Morgan fingerprint density at radius 3 is 2.21 bits per heavy atom. The van der Waals surface area contributed by atoms with Crippen molar-refractivity contribution in [1.82, 2.24) is 4.98 Å². The van der Waals surface area contributed by atoms with E-state index in [9.17, 15) is 29.8 Å². The first-order chi connectivity index (χ1) is 13.2. The fourth-order valence-corrected chi connectivity index (χ4v) is 3.27. The van der Waals surface area contributed by atoms with Crippen LogP contribution < -0.4 is 10.6 Å². The second kappa shape index (κ2) is 7.36. The van der Waals surface area contributed by atoms with Gasteiger partial charge >= 0.3 is 0 Å². The van der Waals surface area contributed by atoms with Gasteiger partial charge in [0.25, 0.3) is 17.3 Å². The van der Waals surface area contributed by atoms with Gasteiger partial charge in [0.15, 0.2) is 5.13 Å². The van der Waals surface area contributed by atoms with E-state index in [1.54, 1.807) is 18.2 Å². The molecule has 3 rings (SSSR count). The van der Waals surface area contributed by atoms with Crippen molar-refractivity contribution in [3.63, 3.8) is 0 Å². The molecule has 0 saturated heterocycles. The molecule has 1 heterocycles. The highest BCUT2D eigenvalue weighted by atomic mass is 32.1. The van der Waals surface area contributed by atoms with Crippen LogP contribution in [-0.4, -0.2) is 26.6 Å². The topological polar surface area (TPSA) is 157 Å². The Morgan fingerprint density at radius 2 is 1.64 bits per heavy atom. The van der Waals surface area contributed by atoms with Gasteiger partial charge in [0.2, 0.25) is 5.91 Å². The van der Waals surface area contributed by atoms with Gasteiger partial charge in [-0.05, 0) is 18.2 Å². The summed E-state index contributed by atoms with van der Waals surface area (Å²) >= 11 is 1.12. The van der Waals surface area contributed by atoms with Gasteiger partial charge in [0, 0.05) is 24.7 Å². The molecule has 2 amide bonds. The number of rotatable bonds is 5. The van der Waals surface area contributed by atoms with Crippen LogP contribution >= 0.6 is 11.3 Å². The van der Waals surface area contributed by atoms with Crippen molar-refractivity contribution in [2.45, 2.75) is 6.92 Å². The lowest BCUT2D eigenvalue weighted by molar-refractivity contribution is -0.394. The zero-order valence-corrected chi connectivity index (χ0v) is 15.0. The molecule has 28 heavy (non-hydrogen) atoms. The smallest absolute Gasteiger partial charge is 0.277 e. The molecule has 0 atom stereocenters. The number of hydrogen-bond donors (Lipinski definition) is 2. The molecule has 0 bridgehead atoms. The Kier molecular flexibility index (Phi) is 4.96. The average Bonchev–Trinajstić information content (AvgIpc) is 3.02. The van der Waals surface area contributed by atoms with Crippen LogP contribution in [0.3, 0.4) is 0 Å². The number of non-ortho nitro benzene ring substituents is 2. The number of nitro benzene ring substituents is 2. The molecule has 12 heteroatoms. The number of amides is 2. The van der Waals surface area contributed by atoms with Crippen LogP contribution in [0.25, 0.3) is 10.2 Å². The zero-order valence-electron chi connectivity index (χ0n) is 14.2. The van der Waals surface area contributed by atoms with Crippen molar-refractivity contribution in [2.75, 3.05) is 10.6 Å². The van der Waals surface area contributed by atoms with Gasteiger partial charge in [-0.3, -0.25) is 35.1 Å². The molecule has 0 radical (unpaired) electrons. The molecule has 1 aromatic heterocycles. The Labute approximate surface area is 160 Å². The summed E-state index contributed by atoms with van der Waals surface area (Å²) in [4.78, 5) is 48.0. The fourth-order valence-electron chi connectivity index (χ4n) is 2.37. The molecule has 0 aliphatic carbocycles. The van der Waals surface area contributed by atoms with E-state index < -0.39 is 27.1 Å². The SMILES string of the molecule is CC(=O)Nc1ccc2nc(NC(=O)c3cc([N+](=O)[O-])cc([N+](=O)[O-])c3)sc2c1. The highest BCUT2D eigenvalue weighted by molar-refractivity contribution is 7.22. The number of carbonyl (C=O) groups excluding carboxylic acids is 2. The van der Waals surface area contributed by atoms with Gasteiger partial charge in [-0.2, -0.15) is 0 Å². The Balaban J connectivity index is 1.89. The minimum atomic E-state index is -0.814. The molecule has 0 spiro atoms. The van der Waals surface area contributed by atoms with Crippen molar-refractivity contribution >= 4 is 55.6 Å². The maximum Gasteiger partial charge on any atom is 0.277 e. The van der Waals surface area contributed by atoms with E-state index in [-0.39, 0.29) is 16.6 Å². The Morgan fingerprint density at radius 1 is 1.00 bits per heavy atom. The first kappa shape index (κ1) is 18.8. The third kappa shape index (κ3) is 4.07. The van der Waals surface area contributed by atoms with Crippen LogP contribution in [0.15, 0.2) is 36.4 Å². The van der Waals surface area contributed by atoms with Crippen LogP contribution in [0.1, 0.15) is 17.3 Å². The highest BCUT2D eigenvalue weighted by Crippen LogP contribution is 2.29. The molecule has 0 saturated carbocycles. The number of aromatic nitrogens is 1. The molecule has 0 aliphatic heterocycles. The Hall–Kier alpha value is -3.93. The van der Waals surface area contributed by atoms with Gasteiger partial charge in [-0.25, -0.2) is 4.98 Å². The number of carbonyl (C=O) groups is 2. The van der Waals surface area contributed by atoms with Crippen LogP contribution in [0.5, 0.6) is 0 Å². The van der Waals surface area contributed by atoms with Crippen molar-refractivity contribution < 1.29 is 19.4 Å². The minimum Gasteiger partial charge on any atom is -0.326 e. The van der Waals surface area contributed by atoms with Crippen LogP contribution in [0.4, 0.5) is 22.2 Å². The van der Waals surface area contributed by atoms with E-state index in [1.165, 1.54) is 6.92 Å². The van der Waals surface area contributed by atoms with Crippen LogP contribution in [-0.2, 0) is 4.79 Å². The highest BCUT2D eigenvalue weighted by Gasteiger charge is 2.20. The lowest BCUT2D eigenvalue weighted by Crippen LogP contribution is -2.12. The normalized spacial score (nSPS) is 10.5. The first-order valence-corrected chi connectivity index (χ1v) is 8.48. The largest absolute Gasteiger partial charge is 0.326 e. The summed E-state index contributed by atoms with van der Waals surface area (Å²) in [6, 6.07) is 7.67. The van der Waals surface area contributed by atoms with Crippen molar-refractivity contribution in [2.24, 2.45) is 0 Å². The molecule has 2 aromatic carbocycles. The molecular weight excluding hydrogens is 390 g/mol. The molecule has 2 N–H and O–H groups in total. The van der Waals surface area contributed by atoms with Gasteiger partial charge in [-0.1, -0.05) is 11.3 Å². The predicted octanol–water partition coefficient (Wildman–Crippen LogP) is 3.32. The maximum atomic E-state index is 12.4. The summed E-state index contributed by atoms with van der Waals surface area (Å²) in [6.45, 7) is 1.38. The van der Waals surface area contributed by atoms with Crippen LogP contribution in [0.2, 0.25) is 0 Å². The van der Waals surface area contributed by atoms with Crippen LogP contribution in [0, 0.1) is 20.2 Å². The second-order valence-corrected chi connectivity index (χ2v) is 6.62. The number of nitrogens with zero attached hydrogens (tertiary/aromatic N) is 3. The van der Waals surface area contributed by atoms with Crippen molar-refractivity contribution in [3.8, 4) is 0 Å². The average molecular weight is 401 g/mol. The number of fused-ring (bicyclic) bond motifs is 1. The van der Waals surface area contributed by atoms with Gasteiger partial charge < -0.3 is 5.32 Å². The third-order valence-electron chi connectivity index (χ3n) is 3.52. The standard InChI is InChI=1S/C16H11N5O6S/c1-8(22)17-10-2-3-13-14(6-10)28-16(18-13)19-15(23)9-4-11(20(24)25)7-12(5-9)21(26)27/h2-7H,1H3,(H,17,22)(H,18,19,23). The molecular formula is C16H11N5O6S. The van der Waals surface area contributed by atoms with E-state index in [4.69, 9.17) is 0 Å². The third-order valence-corrected chi connectivity index (χ3v) is 4.45. The first-order valence-electron chi connectivity index (χ1n) is 7.66. The summed E-state index contributed by atoms with van der Waals surface area (Å²) in [6.07, 6.45) is 0. The van der Waals surface area contributed by atoms with E-state index in [0.29, 0.717) is 15.9 Å². The van der Waals surface area contributed by atoms with E-state index in [2.05, 4.69) is 15.6 Å². The van der Waals surface area contributed by atoms with Gasteiger partial charge in [0.05, 0.1) is 31.7 Å². The molecule has 0 fully saturated rings. The number of hydrogen-bond acceptors (Lipinski definition) is 8. The molecule has 0 aliphatic rings. The molecule has 0 unspecified atom stereocenters. The number of anilines is 2. The number of thiazole rings is 1. The van der Waals surface area contributed by atoms with E-state index >= 15 is 0 Å². The maximum absolute atomic E-state index is 12.4. The number of benzene rings is 2. The Bertz CT molecular complexity index is 1110. The number of nitro groups is 2. The summed E-state index contributed by atoms with van der Waals surface area (Å²) in [5.74, 6) is -1.00. The second-order valence-electron chi connectivity index (χ2n) is 5.59. The zero-order chi connectivity index (χ0) is 20.4. The summed E-state index contributed by atoms with van der Waals surface area (Å²) < 4.78 is 0.687. The summed E-state index contributed by atoms with van der Waals surface area (Å²) in [5.41, 5.74) is -0.235. The van der Waals surface area contributed by atoms with E-state index in [1.807, 2.05) is 0 Å². The molecule has 3 aromatic rings. The molecule has 11 nitrogen and oxygen atoms in total. The fraction of sp³-hybridized carbons (Fsp3) is 0.0625. The lowest BCUT2D eigenvalue weighted by atomic mass is 10.1. The quantitative estimate of drug-likeness (QED) is 0.490. The van der Waals surface area contributed by atoms with Gasteiger partial charge in [-0.15, -0.1) is 0 Å². The lowest BCUT2D eigenvalue weighted by Gasteiger charge is -2.02.